The molecule has 0 saturated heterocycles. The van der Waals surface area contributed by atoms with Crippen LogP contribution in [0, 0.1) is 6.92 Å². The number of aryl methyl sites for hydroxylation is 1. The Morgan fingerprint density at radius 2 is 1.63 bits per heavy atom. The van der Waals surface area contributed by atoms with Crippen molar-refractivity contribution >= 4 is 29.8 Å². The summed E-state index contributed by atoms with van der Waals surface area (Å²) >= 11 is 0. The first-order valence-electron chi connectivity index (χ1n) is 5.17. The molecule has 0 unspecified atom stereocenters. The SMILES string of the molecule is Cc1cc(S(=O)(=O)Cl)n(S(=O)(=O)c2ccccc2)c1. The van der Waals surface area contributed by atoms with Gasteiger partial charge in [0.25, 0.3) is 19.1 Å². The van der Waals surface area contributed by atoms with E-state index in [9.17, 15) is 16.8 Å². The molecule has 0 spiro atoms. The van der Waals surface area contributed by atoms with Crippen LogP contribution in [-0.2, 0) is 19.1 Å². The zero-order valence-electron chi connectivity index (χ0n) is 9.82. The van der Waals surface area contributed by atoms with Gasteiger partial charge in [-0.05, 0) is 30.7 Å². The molecule has 0 fully saturated rings. The van der Waals surface area contributed by atoms with Crippen molar-refractivity contribution in [3.05, 3.63) is 48.2 Å². The summed E-state index contributed by atoms with van der Waals surface area (Å²) in [5, 5.41) is -0.462. The Bertz CT molecular complexity index is 808. The second-order valence-corrected chi connectivity index (χ2v) is 8.24. The van der Waals surface area contributed by atoms with Gasteiger partial charge in [0, 0.05) is 16.9 Å². The Morgan fingerprint density at radius 1 is 1.05 bits per heavy atom. The lowest BCUT2D eigenvalue weighted by molar-refractivity contribution is 0.576. The lowest BCUT2D eigenvalue weighted by atomic mass is 10.4. The summed E-state index contributed by atoms with van der Waals surface area (Å²) in [5.41, 5.74) is 0.485. The molecule has 19 heavy (non-hydrogen) atoms. The van der Waals surface area contributed by atoms with Gasteiger partial charge in [-0.1, -0.05) is 18.2 Å². The minimum absolute atomic E-state index is 0.00725. The molecule has 0 aliphatic carbocycles. The Hall–Kier alpha value is -1.31. The van der Waals surface area contributed by atoms with Crippen LogP contribution in [0.25, 0.3) is 0 Å². The highest BCUT2D eigenvalue weighted by atomic mass is 35.7. The molecule has 0 saturated carbocycles. The maximum absolute atomic E-state index is 12.4. The number of benzene rings is 1. The molecule has 0 N–H and O–H groups in total. The summed E-state index contributed by atoms with van der Waals surface area (Å²) < 4.78 is 48.2. The topological polar surface area (TPSA) is 73.2 Å². The summed E-state index contributed by atoms with van der Waals surface area (Å²) in [7, 11) is -2.87. The maximum Gasteiger partial charge on any atom is 0.277 e. The van der Waals surface area contributed by atoms with E-state index in [0.29, 0.717) is 9.54 Å². The molecule has 2 aromatic rings. The highest BCUT2D eigenvalue weighted by molar-refractivity contribution is 8.14. The molecule has 0 aliphatic rings. The largest absolute Gasteiger partial charge is 0.277 e. The summed E-state index contributed by atoms with van der Waals surface area (Å²) in [6.45, 7) is 1.59. The maximum atomic E-state index is 12.4. The van der Waals surface area contributed by atoms with Crippen molar-refractivity contribution in [3.63, 3.8) is 0 Å². The molecule has 1 aromatic carbocycles. The Kier molecular flexibility index (Phi) is 3.46. The first kappa shape index (κ1) is 14.1. The van der Waals surface area contributed by atoms with E-state index in [-0.39, 0.29) is 4.90 Å². The van der Waals surface area contributed by atoms with Gasteiger partial charge in [-0.25, -0.2) is 20.8 Å². The van der Waals surface area contributed by atoms with Crippen molar-refractivity contribution in [2.24, 2.45) is 0 Å². The van der Waals surface area contributed by atoms with E-state index in [1.54, 1.807) is 25.1 Å². The molecule has 0 bridgehead atoms. The number of halogens is 1. The third kappa shape index (κ3) is 2.68. The zero-order valence-corrected chi connectivity index (χ0v) is 12.2. The highest BCUT2D eigenvalue weighted by Gasteiger charge is 2.26. The van der Waals surface area contributed by atoms with E-state index >= 15 is 0 Å². The third-order valence-electron chi connectivity index (χ3n) is 2.44. The van der Waals surface area contributed by atoms with E-state index in [2.05, 4.69) is 0 Å². The summed E-state index contributed by atoms with van der Waals surface area (Å²) in [6.07, 6.45) is 1.22. The van der Waals surface area contributed by atoms with E-state index in [1.807, 2.05) is 0 Å². The highest BCUT2D eigenvalue weighted by Crippen LogP contribution is 2.24. The first-order chi connectivity index (χ1) is 8.73. The monoisotopic (exact) mass is 319 g/mol. The van der Waals surface area contributed by atoms with Crippen LogP contribution in [0.3, 0.4) is 0 Å². The molecule has 2 rings (SSSR count). The quantitative estimate of drug-likeness (QED) is 0.811. The lowest BCUT2D eigenvalue weighted by Crippen LogP contribution is -2.15. The number of hydrogen-bond donors (Lipinski definition) is 0. The van der Waals surface area contributed by atoms with Crippen molar-refractivity contribution < 1.29 is 16.8 Å². The molecule has 8 heteroatoms. The zero-order chi connectivity index (χ0) is 14.3. The summed E-state index contributed by atoms with van der Waals surface area (Å²) in [5.74, 6) is 0. The number of hydrogen-bond acceptors (Lipinski definition) is 4. The van der Waals surface area contributed by atoms with Gasteiger partial charge >= 0.3 is 0 Å². The molecule has 0 amide bonds. The predicted molar refractivity (Wildman–Crippen MR) is 71.2 cm³/mol. The minimum atomic E-state index is -4.15. The molecular formula is C11H10ClNO4S2. The Labute approximate surface area is 115 Å². The van der Waals surface area contributed by atoms with Crippen molar-refractivity contribution in [1.82, 2.24) is 3.97 Å². The van der Waals surface area contributed by atoms with Gasteiger partial charge in [0.2, 0.25) is 0 Å². The van der Waals surface area contributed by atoms with Crippen molar-refractivity contribution in [2.45, 2.75) is 16.8 Å². The van der Waals surface area contributed by atoms with E-state index in [1.165, 1.54) is 24.4 Å². The normalized spacial score (nSPS) is 12.5. The van der Waals surface area contributed by atoms with Crippen molar-refractivity contribution in [1.29, 1.82) is 0 Å². The van der Waals surface area contributed by atoms with Crippen LogP contribution < -0.4 is 0 Å². The number of rotatable bonds is 3. The van der Waals surface area contributed by atoms with Gasteiger partial charge in [0.05, 0.1) is 4.90 Å². The molecule has 1 aromatic heterocycles. The fourth-order valence-corrected chi connectivity index (χ4v) is 4.60. The molecule has 1 heterocycles. The van der Waals surface area contributed by atoms with Gasteiger partial charge in [-0.15, -0.1) is 0 Å². The average Bonchev–Trinajstić information content (AvgIpc) is 2.73. The van der Waals surface area contributed by atoms with Crippen molar-refractivity contribution in [3.8, 4) is 0 Å². The molecule has 5 nitrogen and oxygen atoms in total. The second-order valence-electron chi connectivity index (χ2n) is 3.91. The van der Waals surface area contributed by atoms with E-state index in [0.717, 1.165) is 0 Å². The predicted octanol–water partition coefficient (Wildman–Crippen LogP) is 1.96. The fourth-order valence-electron chi connectivity index (χ4n) is 1.62. The van der Waals surface area contributed by atoms with Crippen LogP contribution in [-0.4, -0.2) is 20.8 Å². The van der Waals surface area contributed by atoms with Crippen LogP contribution in [0.4, 0.5) is 0 Å². The fraction of sp³-hybridized carbons (Fsp3) is 0.0909. The second kappa shape index (κ2) is 4.66. The molecule has 0 radical (unpaired) electrons. The van der Waals surface area contributed by atoms with Gasteiger partial charge in [-0.2, -0.15) is 0 Å². The average molecular weight is 320 g/mol. The Balaban J connectivity index is 2.73. The van der Waals surface area contributed by atoms with E-state index in [4.69, 9.17) is 10.7 Å². The van der Waals surface area contributed by atoms with Gasteiger partial charge in [0.1, 0.15) is 0 Å². The first-order valence-corrected chi connectivity index (χ1v) is 8.92. The molecule has 0 atom stereocenters. The van der Waals surface area contributed by atoms with Gasteiger partial charge in [0.15, 0.2) is 5.03 Å². The Morgan fingerprint density at radius 3 is 2.16 bits per heavy atom. The van der Waals surface area contributed by atoms with Gasteiger partial charge < -0.3 is 0 Å². The van der Waals surface area contributed by atoms with Crippen LogP contribution in [0.2, 0.25) is 0 Å². The molecule has 102 valence electrons. The van der Waals surface area contributed by atoms with E-state index < -0.39 is 24.1 Å². The smallest absolute Gasteiger partial charge is 0.229 e. The standard InChI is InChI=1S/C11H10ClNO4S2/c1-9-7-11(18(12,14)15)13(8-9)19(16,17)10-5-3-2-4-6-10/h2-8H,1H3. The number of nitrogens with zero attached hydrogens (tertiary/aromatic N) is 1. The molecule has 0 aliphatic heterocycles. The summed E-state index contributed by atoms with van der Waals surface area (Å²) in [4.78, 5) is -0.00725. The van der Waals surface area contributed by atoms with Crippen LogP contribution in [0.15, 0.2) is 52.5 Å². The number of aromatic nitrogens is 1. The van der Waals surface area contributed by atoms with Crippen LogP contribution in [0.5, 0.6) is 0 Å². The summed E-state index contributed by atoms with van der Waals surface area (Å²) in [6, 6.07) is 8.75. The van der Waals surface area contributed by atoms with Gasteiger partial charge in [-0.3, -0.25) is 0 Å². The van der Waals surface area contributed by atoms with Crippen LogP contribution >= 0.6 is 10.7 Å². The minimum Gasteiger partial charge on any atom is -0.229 e. The lowest BCUT2D eigenvalue weighted by Gasteiger charge is -2.08. The van der Waals surface area contributed by atoms with Crippen LogP contribution in [0.1, 0.15) is 5.56 Å². The van der Waals surface area contributed by atoms with Crippen molar-refractivity contribution in [2.75, 3.05) is 0 Å². The third-order valence-corrected chi connectivity index (χ3v) is 5.53. The molecular weight excluding hydrogens is 310 g/mol.